The number of nitro groups is 1. The molecule has 0 unspecified atom stereocenters. The van der Waals surface area contributed by atoms with Gasteiger partial charge in [-0.15, -0.1) is 0 Å². The maximum atomic E-state index is 12.9. The van der Waals surface area contributed by atoms with Crippen LogP contribution in [0.25, 0.3) is 0 Å². The number of aromatic nitrogens is 1. The van der Waals surface area contributed by atoms with E-state index in [9.17, 15) is 24.1 Å². The fourth-order valence-electron chi connectivity index (χ4n) is 3.04. The van der Waals surface area contributed by atoms with Gasteiger partial charge in [0.05, 0.1) is 11.1 Å². The fraction of sp³-hybridized carbons (Fsp3) is 0.294. The van der Waals surface area contributed by atoms with E-state index in [0.29, 0.717) is 19.5 Å². The summed E-state index contributed by atoms with van der Waals surface area (Å²) in [6.45, 7) is 0.936. The highest BCUT2D eigenvalue weighted by molar-refractivity contribution is 5.94. The Bertz CT molecular complexity index is 863. The van der Waals surface area contributed by atoms with Gasteiger partial charge in [0.25, 0.3) is 17.2 Å². The first-order valence-corrected chi connectivity index (χ1v) is 7.85. The second-order valence-corrected chi connectivity index (χ2v) is 6.09. The highest BCUT2D eigenvalue weighted by atomic mass is 19.1. The van der Waals surface area contributed by atoms with E-state index in [1.165, 1.54) is 17.0 Å². The highest BCUT2D eigenvalue weighted by Crippen LogP contribution is 2.22. The summed E-state index contributed by atoms with van der Waals surface area (Å²) in [5, 5.41) is 10.8. The number of benzene rings is 1. The fourth-order valence-corrected chi connectivity index (χ4v) is 3.04. The van der Waals surface area contributed by atoms with Crippen LogP contribution in [-0.4, -0.2) is 33.8 Å². The van der Waals surface area contributed by atoms with Gasteiger partial charge in [-0.3, -0.25) is 19.7 Å². The van der Waals surface area contributed by atoms with Crippen LogP contribution in [0, 0.1) is 21.8 Å². The summed E-state index contributed by atoms with van der Waals surface area (Å²) in [7, 11) is 0. The number of carbonyl (C=O) groups is 1. The summed E-state index contributed by atoms with van der Waals surface area (Å²) >= 11 is 0. The average Bonchev–Trinajstić information content (AvgIpc) is 3.05. The maximum Gasteiger partial charge on any atom is 0.286 e. The zero-order valence-electron chi connectivity index (χ0n) is 13.3. The second kappa shape index (κ2) is 6.84. The van der Waals surface area contributed by atoms with Crippen LogP contribution >= 0.6 is 0 Å². The van der Waals surface area contributed by atoms with Gasteiger partial charge in [0.15, 0.2) is 0 Å². The molecule has 0 bridgehead atoms. The molecule has 2 aromatic rings. The van der Waals surface area contributed by atoms with Crippen molar-refractivity contribution in [1.29, 1.82) is 0 Å². The van der Waals surface area contributed by atoms with Gasteiger partial charge in [-0.25, -0.2) is 4.39 Å². The monoisotopic (exact) mass is 345 g/mol. The van der Waals surface area contributed by atoms with Crippen molar-refractivity contribution in [2.24, 2.45) is 5.92 Å². The third kappa shape index (κ3) is 3.73. The molecule has 0 saturated carbocycles. The lowest BCUT2D eigenvalue weighted by Gasteiger charge is -2.16. The molecule has 7 nitrogen and oxygen atoms in total. The smallest absolute Gasteiger partial charge is 0.286 e. The first-order valence-electron chi connectivity index (χ1n) is 7.85. The molecule has 1 aromatic carbocycles. The Kier molecular flexibility index (Phi) is 4.60. The molecule has 130 valence electrons. The minimum atomic E-state index is -0.659. The third-order valence-electron chi connectivity index (χ3n) is 4.34. The van der Waals surface area contributed by atoms with Gasteiger partial charge in [0, 0.05) is 19.2 Å². The van der Waals surface area contributed by atoms with Crippen LogP contribution < -0.4 is 5.56 Å². The van der Waals surface area contributed by atoms with Crippen LogP contribution in [0.3, 0.4) is 0 Å². The summed E-state index contributed by atoms with van der Waals surface area (Å²) in [6.07, 6.45) is 2.44. The van der Waals surface area contributed by atoms with Crippen molar-refractivity contribution in [2.45, 2.75) is 12.8 Å². The van der Waals surface area contributed by atoms with Crippen molar-refractivity contribution in [3.63, 3.8) is 0 Å². The molecule has 2 heterocycles. The van der Waals surface area contributed by atoms with E-state index >= 15 is 0 Å². The van der Waals surface area contributed by atoms with E-state index in [-0.39, 0.29) is 23.0 Å². The first kappa shape index (κ1) is 16.8. The number of hydrogen-bond donors (Lipinski definition) is 1. The number of nitrogens with one attached hydrogen (secondary N) is 1. The molecule has 3 rings (SSSR count). The van der Waals surface area contributed by atoms with Crippen molar-refractivity contribution < 1.29 is 14.1 Å². The van der Waals surface area contributed by atoms with Crippen molar-refractivity contribution in [3.05, 3.63) is 73.9 Å². The van der Waals surface area contributed by atoms with E-state index in [4.69, 9.17) is 0 Å². The number of hydrogen-bond acceptors (Lipinski definition) is 4. The summed E-state index contributed by atoms with van der Waals surface area (Å²) in [4.78, 5) is 38.3. The Morgan fingerprint density at radius 3 is 2.76 bits per heavy atom. The Morgan fingerprint density at radius 1 is 1.36 bits per heavy atom. The molecule has 1 saturated heterocycles. The summed E-state index contributed by atoms with van der Waals surface area (Å²) in [5.41, 5.74) is -0.215. The maximum absolute atomic E-state index is 12.9. The predicted molar refractivity (Wildman–Crippen MR) is 87.8 cm³/mol. The van der Waals surface area contributed by atoms with Gasteiger partial charge >= 0.3 is 0 Å². The Hall–Kier alpha value is -3.03. The number of aromatic amines is 1. The SMILES string of the molecule is O=C(c1cc([N+](=O)[O-])c[nH]c1=O)N1CC[C@@H](Cc2ccc(F)cc2)C1. The Balaban J connectivity index is 1.70. The summed E-state index contributed by atoms with van der Waals surface area (Å²) in [6, 6.07) is 7.23. The molecule has 25 heavy (non-hydrogen) atoms. The molecule has 0 radical (unpaired) electrons. The van der Waals surface area contributed by atoms with Gasteiger partial charge in [-0.05, 0) is 36.5 Å². The number of likely N-dealkylation sites (tertiary alicyclic amines) is 1. The average molecular weight is 345 g/mol. The number of H-pyrrole nitrogens is 1. The number of rotatable bonds is 4. The standard InChI is InChI=1S/C17H16FN3O4/c18-13-3-1-11(2-4-13)7-12-5-6-20(10-12)17(23)15-8-14(21(24)25)9-19-16(15)22/h1-4,8-9,12H,5-7,10H2,(H,19,22)/t12-/m0/s1. The molecule has 0 spiro atoms. The Morgan fingerprint density at radius 2 is 2.08 bits per heavy atom. The van der Waals surface area contributed by atoms with Crippen LogP contribution in [0.2, 0.25) is 0 Å². The van der Waals surface area contributed by atoms with Gasteiger partial charge in [0.1, 0.15) is 11.4 Å². The highest BCUT2D eigenvalue weighted by Gasteiger charge is 2.29. The molecule has 1 amide bonds. The molecule has 1 aliphatic heterocycles. The Labute approximate surface area is 142 Å². The lowest BCUT2D eigenvalue weighted by Crippen LogP contribution is -2.33. The van der Waals surface area contributed by atoms with Crippen LogP contribution in [0.5, 0.6) is 0 Å². The van der Waals surface area contributed by atoms with E-state index in [0.717, 1.165) is 24.2 Å². The molecule has 1 N–H and O–H groups in total. The van der Waals surface area contributed by atoms with Crippen molar-refractivity contribution in [3.8, 4) is 0 Å². The second-order valence-electron chi connectivity index (χ2n) is 6.09. The van der Waals surface area contributed by atoms with Gasteiger partial charge < -0.3 is 9.88 Å². The summed E-state index contributed by atoms with van der Waals surface area (Å²) < 4.78 is 12.9. The molecular weight excluding hydrogens is 329 g/mol. The lowest BCUT2D eigenvalue weighted by molar-refractivity contribution is -0.385. The number of nitrogens with zero attached hydrogens (tertiary/aromatic N) is 2. The number of carbonyl (C=O) groups excluding carboxylic acids is 1. The quantitative estimate of drug-likeness (QED) is 0.678. The zero-order valence-corrected chi connectivity index (χ0v) is 13.3. The number of halogens is 1. The van der Waals surface area contributed by atoms with Gasteiger partial charge in [-0.1, -0.05) is 12.1 Å². The van der Waals surface area contributed by atoms with E-state index in [1.807, 2.05) is 0 Å². The van der Waals surface area contributed by atoms with E-state index < -0.39 is 16.4 Å². The van der Waals surface area contributed by atoms with Gasteiger partial charge in [-0.2, -0.15) is 0 Å². The molecule has 1 atom stereocenters. The third-order valence-corrected chi connectivity index (χ3v) is 4.34. The minimum Gasteiger partial charge on any atom is -0.338 e. The van der Waals surface area contributed by atoms with Crippen LogP contribution in [-0.2, 0) is 6.42 Å². The molecular formula is C17H16FN3O4. The van der Waals surface area contributed by atoms with Crippen LogP contribution in [0.1, 0.15) is 22.3 Å². The van der Waals surface area contributed by atoms with E-state index in [1.54, 1.807) is 12.1 Å². The largest absolute Gasteiger partial charge is 0.338 e. The molecule has 0 aliphatic carbocycles. The molecule has 1 fully saturated rings. The molecule has 8 heteroatoms. The van der Waals surface area contributed by atoms with Gasteiger partial charge in [0.2, 0.25) is 0 Å². The number of pyridine rings is 1. The normalized spacial score (nSPS) is 16.8. The topological polar surface area (TPSA) is 96.3 Å². The minimum absolute atomic E-state index is 0.201. The predicted octanol–water partition coefficient (Wildman–Crippen LogP) is 2.13. The van der Waals surface area contributed by atoms with Crippen molar-refractivity contribution in [2.75, 3.05) is 13.1 Å². The number of amides is 1. The van der Waals surface area contributed by atoms with Crippen LogP contribution in [0.4, 0.5) is 10.1 Å². The zero-order chi connectivity index (χ0) is 18.0. The van der Waals surface area contributed by atoms with Crippen molar-refractivity contribution >= 4 is 11.6 Å². The first-order chi connectivity index (χ1) is 11.9. The summed E-state index contributed by atoms with van der Waals surface area (Å²) in [5.74, 6) is -0.601. The molecule has 1 aromatic heterocycles. The lowest BCUT2D eigenvalue weighted by atomic mass is 9.99. The van der Waals surface area contributed by atoms with Crippen molar-refractivity contribution in [1.82, 2.24) is 9.88 Å². The molecule has 1 aliphatic rings. The van der Waals surface area contributed by atoms with E-state index in [2.05, 4.69) is 4.98 Å². The van der Waals surface area contributed by atoms with Crippen LogP contribution in [0.15, 0.2) is 41.3 Å².